The minimum Gasteiger partial charge on any atom is -0.460 e. The maximum Gasteiger partial charge on any atom is 0.255 e. The summed E-state index contributed by atoms with van der Waals surface area (Å²) in [5, 5.41) is 7.74. The summed E-state index contributed by atoms with van der Waals surface area (Å²) in [6, 6.07) is 7.12. The second kappa shape index (κ2) is 8.49. The number of carbonyl (C=O) groups excluding carboxylic acids is 2. The van der Waals surface area contributed by atoms with Crippen LogP contribution in [-0.4, -0.2) is 59.2 Å². The van der Waals surface area contributed by atoms with Gasteiger partial charge in [0.2, 0.25) is 0 Å². The van der Waals surface area contributed by atoms with Crippen molar-refractivity contribution in [2.45, 2.75) is 26.9 Å². The minimum absolute atomic E-state index is 0.0103. The summed E-state index contributed by atoms with van der Waals surface area (Å²) in [5.41, 5.74) is 3.17. The van der Waals surface area contributed by atoms with E-state index in [2.05, 4.69) is 10.4 Å². The molecule has 0 aliphatic carbocycles. The Morgan fingerprint density at radius 3 is 2.82 bits per heavy atom. The van der Waals surface area contributed by atoms with E-state index in [9.17, 15) is 9.59 Å². The molecule has 0 bridgehead atoms. The highest BCUT2D eigenvalue weighted by Gasteiger charge is 2.26. The largest absolute Gasteiger partial charge is 0.460 e. The molecule has 1 N–H and O–H groups in total. The standard InChI is InChI=1S/C25H26N4O5/c1-14-12-28(9-10-32-14)25(31)19-13-29-23(15(19)2)20(7-8-27-29)34-17-5-6-18-21(11-17)33-16(3)22(18)24(30)26-4/h5-8,11,13-14H,9-10,12H2,1-4H3,(H,26,30)/t14-/m0/s1. The average Bonchev–Trinajstić information content (AvgIpc) is 3.34. The summed E-state index contributed by atoms with van der Waals surface area (Å²) in [7, 11) is 1.59. The number of furan rings is 1. The number of rotatable bonds is 4. The number of amides is 2. The molecule has 1 aliphatic rings. The van der Waals surface area contributed by atoms with Gasteiger partial charge in [0, 0.05) is 43.9 Å². The predicted octanol–water partition coefficient (Wildman–Crippen LogP) is 3.71. The molecule has 0 saturated carbocycles. The highest BCUT2D eigenvalue weighted by atomic mass is 16.5. The van der Waals surface area contributed by atoms with Crippen LogP contribution in [0.2, 0.25) is 0 Å². The number of morpholine rings is 1. The quantitative estimate of drug-likeness (QED) is 0.497. The van der Waals surface area contributed by atoms with Crippen molar-refractivity contribution >= 4 is 28.3 Å². The second-order valence-corrected chi connectivity index (χ2v) is 8.46. The van der Waals surface area contributed by atoms with E-state index in [-0.39, 0.29) is 17.9 Å². The zero-order valence-electron chi connectivity index (χ0n) is 19.5. The number of hydrogen-bond donors (Lipinski definition) is 1. The van der Waals surface area contributed by atoms with Gasteiger partial charge < -0.3 is 24.1 Å². The highest BCUT2D eigenvalue weighted by molar-refractivity contribution is 6.07. The van der Waals surface area contributed by atoms with Gasteiger partial charge in [0.15, 0.2) is 5.75 Å². The van der Waals surface area contributed by atoms with E-state index < -0.39 is 0 Å². The number of aryl methyl sites for hydroxylation is 2. The van der Waals surface area contributed by atoms with E-state index in [1.54, 1.807) is 49.1 Å². The maximum atomic E-state index is 13.2. The first kappa shape index (κ1) is 22.0. The van der Waals surface area contributed by atoms with Crippen LogP contribution in [0.15, 0.2) is 41.1 Å². The van der Waals surface area contributed by atoms with Crippen molar-refractivity contribution in [3.8, 4) is 11.5 Å². The first-order chi connectivity index (χ1) is 16.4. The Labute approximate surface area is 196 Å². The third kappa shape index (κ3) is 3.67. The van der Waals surface area contributed by atoms with Crippen molar-refractivity contribution < 1.29 is 23.5 Å². The van der Waals surface area contributed by atoms with Crippen LogP contribution in [0.1, 0.15) is 39.0 Å². The number of aromatic nitrogens is 2. The molecular formula is C25H26N4O5. The van der Waals surface area contributed by atoms with E-state index in [0.29, 0.717) is 59.2 Å². The number of hydrogen-bond acceptors (Lipinski definition) is 6. The van der Waals surface area contributed by atoms with Crippen LogP contribution in [0.5, 0.6) is 11.5 Å². The van der Waals surface area contributed by atoms with Gasteiger partial charge in [0.05, 0.1) is 30.0 Å². The van der Waals surface area contributed by atoms with Gasteiger partial charge in [-0.1, -0.05) is 0 Å². The lowest BCUT2D eigenvalue weighted by molar-refractivity contribution is -0.0124. The van der Waals surface area contributed by atoms with Gasteiger partial charge >= 0.3 is 0 Å². The van der Waals surface area contributed by atoms with E-state index in [4.69, 9.17) is 13.9 Å². The third-order valence-corrected chi connectivity index (χ3v) is 6.17. The van der Waals surface area contributed by atoms with Crippen molar-refractivity contribution in [1.82, 2.24) is 19.8 Å². The molecule has 0 radical (unpaired) electrons. The number of nitrogens with zero attached hydrogens (tertiary/aromatic N) is 3. The molecule has 9 nitrogen and oxygen atoms in total. The van der Waals surface area contributed by atoms with Crippen molar-refractivity contribution in [2.75, 3.05) is 26.7 Å². The van der Waals surface area contributed by atoms with Crippen molar-refractivity contribution in [3.63, 3.8) is 0 Å². The van der Waals surface area contributed by atoms with Crippen LogP contribution in [0, 0.1) is 13.8 Å². The summed E-state index contributed by atoms with van der Waals surface area (Å²) in [6.07, 6.45) is 3.39. The van der Waals surface area contributed by atoms with E-state index in [1.807, 2.05) is 24.8 Å². The van der Waals surface area contributed by atoms with Crippen LogP contribution in [0.3, 0.4) is 0 Å². The molecule has 176 valence electrons. The first-order valence-corrected chi connectivity index (χ1v) is 11.2. The Morgan fingerprint density at radius 2 is 2.06 bits per heavy atom. The van der Waals surface area contributed by atoms with E-state index >= 15 is 0 Å². The van der Waals surface area contributed by atoms with Crippen molar-refractivity contribution in [1.29, 1.82) is 0 Å². The summed E-state index contributed by atoms with van der Waals surface area (Å²) in [5.74, 6) is 1.42. The lowest BCUT2D eigenvalue weighted by atomic mass is 10.1. The van der Waals surface area contributed by atoms with Crippen LogP contribution in [-0.2, 0) is 4.74 Å². The van der Waals surface area contributed by atoms with E-state index in [1.165, 1.54) is 0 Å². The fourth-order valence-electron chi connectivity index (χ4n) is 4.49. The van der Waals surface area contributed by atoms with Crippen LogP contribution < -0.4 is 10.1 Å². The Morgan fingerprint density at radius 1 is 1.24 bits per heavy atom. The molecule has 1 aromatic carbocycles. The Hall–Kier alpha value is -3.85. The summed E-state index contributed by atoms with van der Waals surface area (Å²) < 4.78 is 19.2. The molecule has 1 saturated heterocycles. The van der Waals surface area contributed by atoms with Gasteiger partial charge in [-0.15, -0.1) is 0 Å². The number of nitrogens with one attached hydrogen (secondary N) is 1. The lowest BCUT2D eigenvalue weighted by Crippen LogP contribution is -2.44. The summed E-state index contributed by atoms with van der Waals surface area (Å²) in [6.45, 7) is 7.27. The van der Waals surface area contributed by atoms with Crippen LogP contribution >= 0.6 is 0 Å². The van der Waals surface area contributed by atoms with Gasteiger partial charge in [0.1, 0.15) is 22.6 Å². The fourth-order valence-corrected chi connectivity index (χ4v) is 4.49. The van der Waals surface area contributed by atoms with Crippen LogP contribution in [0.25, 0.3) is 16.5 Å². The second-order valence-electron chi connectivity index (χ2n) is 8.46. The Kier molecular flexibility index (Phi) is 5.49. The molecule has 4 heterocycles. The summed E-state index contributed by atoms with van der Waals surface area (Å²) >= 11 is 0. The molecule has 9 heteroatoms. The molecule has 0 spiro atoms. The zero-order valence-corrected chi connectivity index (χ0v) is 19.5. The number of benzene rings is 1. The average molecular weight is 463 g/mol. The minimum atomic E-state index is -0.198. The highest BCUT2D eigenvalue weighted by Crippen LogP contribution is 2.34. The van der Waals surface area contributed by atoms with Crippen LogP contribution in [0.4, 0.5) is 0 Å². The Bertz CT molecular complexity index is 1420. The maximum absolute atomic E-state index is 13.2. The molecular weight excluding hydrogens is 436 g/mol. The van der Waals surface area contributed by atoms with Gasteiger partial charge in [-0.2, -0.15) is 5.10 Å². The van der Waals surface area contributed by atoms with Crippen molar-refractivity contribution in [2.24, 2.45) is 0 Å². The van der Waals surface area contributed by atoms with Gasteiger partial charge in [-0.05, 0) is 38.5 Å². The zero-order chi connectivity index (χ0) is 24.0. The molecule has 34 heavy (non-hydrogen) atoms. The number of fused-ring (bicyclic) bond motifs is 2. The van der Waals surface area contributed by atoms with Crippen molar-refractivity contribution in [3.05, 3.63) is 59.1 Å². The Balaban J connectivity index is 1.49. The predicted molar refractivity (Wildman–Crippen MR) is 126 cm³/mol. The molecule has 0 unspecified atom stereocenters. The topological polar surface area (TPSA) is 98.3 Å². The molecule has 1 aliphatic heterocycles. The lowest BCUT2D eigenvalue weighted by Gasteiger charge is -2.31. The normalized spacial score (nSPS) is 16.2. The smallest absolute Gasteiger partial charge is 0.255 e. The third-order valence-electron chi connectivity index (χ3n) is 6.17. The number of ether oxygens (including phenoxy) is 2. The van der Waals surface area contributed by atoms with E-state index in [0.717, 1.165) is 10.9 Å². The molecule has 5 rings (SSSR count). The molecule has 2 amide bonds. The summed E-state index contributed by atoms with van der Waals surface area (Å²) in [4.78, 5) is 27.2. The van der Waals surface area contributed by atoms with Gasteiger partial charge in [-0.3, -0.25) is 9.59 Å². The SMILES string of the molecule is CNC(=O)c1c(C)oc2cc(Oc3ccnn4cc(C(=O)N5CCO[C@@H](C)C5)c(C)c34)ccc12. The fraction of sp³-hybridized carbons (Fsp3) is 0.320. The van der Waals surface area contributed by atoms with Gasteiger partial charge in [0.25, 0.3) is 11.8 Å². The molecule has 4 aromatic rings. The molecule has 3 aromatic heterocycles. The first-order valence-electron chi connectivity index (χ1n) is 11.2. The van der Waals surface area contributed by atoms with Gasteiger partial charge in [-0.25, -0.2) is 4.52 Å². The monoisotopic (exact) mass is 462 g/mol. The number of carbonyl (C=O) groups is 2. The molecule has 1 fully saturated rings. The molecule has 1 atom stereocenters.